The lowest BCUT2D eigenvalue weighted by atomic mass is 10.1. The van der Waals surface area contributed by atoms with E-state index < -0.39 is 5.97 Å². The maximum absolute atomic E-state index is 10.7. The van der Waals surface area contributed by atoms with Crippen LogP contribution < -0.4 is 0 Å². The van der Waals surface area contributed by atoms with Gasteiger partial charge >= 0.3 is 5.97 Å². The molecular formula is C13H15NO2. The lowest BCUT2D eigenvalue weighted by molar-refractivity contribution is 0.0697. The summed E-state index contributed by atoms with van der Waals surface area (Å²) in [7, 11) is 0. The van der Waals surface area contributed by atoms with Crippen LogP contribution in [0.4, 0.5) is 0 Å². The highest BCUT2D eigenvalue weighted by atomic mass is 16.4. The number of carboxylic acid groups (broad SMARTS) is 1. The van der Waals surface area contributed by atoms with Crippen LogP contribution in [0.25, 0.3) is 0 Å². The topological polar surface area (TPSA) is 40.5 Å². The molecule has 2 rings (SSSR count). The van der Waals surface area contributed by atoms with E-state index in [-0.39, 0.29) is 0 Å². The standard InChI is InChI=1S/C13H15NO2/c15-13(16)12-5-3-11(4-6-12)7-10-14-8-1-2-9-14/h1-6H,7-10H2,(H,15,16). The van der Waals surface area contributed by atoms with Gasteiger partial charge < -0.3 is 5.11 Å². The number of carbonyl (C=O) groups is 1. The summed E-state index contributed by atoms with van der Waals surface area (Å²) in [4.78, 5) is 13.0. The number of aromatic carboxylic acids is 1. The maximum atomic E-state index is 10.7. The molecule has 1 aliphatic rings. The second-order valence-electron chi connectivity index (χ2n) is 3.98. The lowest BCUT2D eigenvalue weighted by Crippen LogP contribution is -2.22. The number of hydrogen-bond donors (Lipinski definition) is 1. The molecule has 0 bridgehead atoms. The Hall–Kier alpha value is -1.61. The Kier molecular flexibility index (Phi) is 3.37. The molecule has 1 N–H and O–H groups in total. The van der Waals surface area contributed by atoms with Crippen LogP contribution in [0.15, 0.2) is 36.4 Å². The van der Waals surface area contributed by atoms with Crippen molar-refractivity contribution < 1.29 is 9.90 Å². The third kappa shape index (κ3) is 2.70. The highest BCUT2D eigenvalue weighted by molar-refractivity contribution is 5.87. The van der Waals surface area contributed by atoms with Crippen molar-refractivity contribution in [2.24, 2.45) is 0 Å². The summed E-state index contributed by atoms with van der Waals surface area (Å²) in [6.45, 7) is 3.10. The molecule has 1 aromatic carbocycles. The molecule has 0 fully saturated rings. The van der Waals surface area contributed by atoms with Gasteiger partial charge in [0.15, 0.2) is 0 Å². The average molecular weight is 217 g/mol. The van der Waals surface area contributed by atoms with Gasteiger partial charge in [0, 0.05) is 19.6 Å². The molecule has 0 aromatic heterocycles. The number of nitrogens with zero attached hydrogens (tertiary/aromatic N) is 1. The summed E-state index contributed by atoms with van der Waals surface area (Å²) in [5.74, 6) is -0.865. The van der Waals surface area contributed by atoms with Crippen molar-refractivity contribution >= 4 is 5.97 Å². The van der Waals surface area contributed by atoms with Gasteiger partial charge in [-0.05, 0) is 24.1 Å². The number of benzene rings is 1. The number of hydrogen-bond acceptors (Lipinski definition) is 2. The van der Waals surface area contributed by atoms with Crippen LogP contribution >= 0.6 is 0 Å². The first-order valence-corrected chi connectivity index (χ1v) is 5.45. The molecule has 0 atom stereocenters. The second-order valence-corrected chi connectivity index (χ2v) is 3.98. The molecule has 1 aromatic rings. The van der Waals surface area contributed by atoms with E-state index in [1.807, 2.05) is 12.1 Å². The Balaban J connectivity index is 1.87. The van der Waals surface area contributed by atoms with Gasteiger partial charge in [0.25, 0.3) is 0 Å². The van der Waals surface area contributed by atoms with Crippen molar-refractivity contribution in [3.63, 3.8) is 0 Å². The Bertz CT molecular complexity index is 387. The monoisotopic (exact) mass is 217 g/mol. The van der Waals surface area contributed by atoms with Crippen LogP contribution in [0.2, 0.25) is 0 Å². The van der Waals surface area contributed by atoms with Crippen molar-refractivity contribution in [2.75, 3.05) is 19.6 Å². The SMILES string of the molecule is O=C(O)c1ccc(CCN2CC=CC2)cc1. The van der Waals surface area contributed by atoms with Crippen LogP contribution in [-0.2, 0) is 6.42 Å². The van der Waals surface area contributed by atoms with E-state index in [4.69, 9.17) is 5.11 Å². The fourth-order valence-electron chi connectivity index (χ4n) is 1.81. The predicted octanol–water partition coefficient (Wildman–Crippen LogP) is 1.80. The molecule has 3 nitrogen and oxygen atoms in total. The van der Waals surface area contributed by atoms with Gasteiger partial charge in [-0.1, -0.05) is 24.3 Å². The molecule has 0 amide bonds. The van der Waals surface area contributed by atoms with Gasteiger partial charge in [0.1, 0.15) is 0 Å². The second kappa shape index (κ2) is 4.94. The number of rotatable bonds is 4. The first kappa shape index (κ1) is 10.9. The maximum Gasteiger partial charge on any atom is 0.335 e. The van der Waals surface area contributed by atoms with Gasteiger partial charge in [-0.3, -0.25) is 4.90 Å². The average Bonchev–Trinajstić information content (AvgIpc) is 2.80. The molecule has 1 heterocycles. The summed E-state index contributed by atoms with van der Waals surface area (Å²) < 4.78 is 0. The Labute approximate surface area is 95.0 Å². The normalized spacial score (nSPS) is 15.5. The zero-order valence-corrected chi connectivity index (χ0v) is 9.10. The fraction of sp³-hybridized carbons (Fsp3) is 0.308. The fourth-order valence-corrected chi connectivity index (χ4v) is 1.81. The summed E-state index contributed by atoms with van der Waals surface area (Å²) in [5.41, 5.74) is 1.54. The van der Waals surface area contributed by atoms with Crippen LogP contribution in [0.3, 0.4) is 0 Å². The predicted molar refractivity (Wildman–Crippen MR) is 62.7 cm³/mol. The van der Waals surface area contributed by atoms with E-state index in [1.54, 1.807) is 12.1 Å². The Morgan fingerprint density at radius 1 is 1.19 bits per heavy atom. The first-order chi connectivity index (χ1) is 7.75. The lowest BCUT2D eigenvalue weighted by Gasteiger charge is -2.14. The third-order valence-corrected chi connectivity index (χ3v) is 2.81. The molecule has 1 aliphatic heterocycles. The highest BCUT2D eigenvalue weighted by Crippen LogP contribution is 2.07. The zero-order valence-electron chi connectivity index (χ0n) is 9.10. The van der Waals surface area contributed by atoms with Gasteiger partial charge in [0.05, 0.1) is 5.56 Å². The molecular weight excluding hydrogens is 202 g/mol. The summed E-state index contributed by atoms with van der Waals surface area (Å²) >= 11 is 0. The van der Waals surface area contributed by atoms with Crippen LogP contribution in [0, 0.1) is 0 Å². The Morgan fingerprint density at radius 2 is 1.81 bits per heavy atom. The van der Waals surface area contributed by atoms with Crippen molar-refractivity contribution in [3.05, 3.63) is 47.5 Å². The van der Waals surface area contributed by atoms with E-state index in [0.29, 0.717) is 5.56 Å². The van der Waals surface area contributed by atoms with Gasteiger partial charge in [-0.25, -0.2) is 4.79 Å². The molecule has 0 spiro atoms. The van der Waals surface area contributed by atoms with Crippen molar-refractivity contribution in [1.82, 2.24) is 4.90 Å². The molecule has 0 radical (unpaired) electrons. The van der Waals surface area contributed by atoms with Gasteiger partial charge in [-0.2, -0.15) is 0 Å². The molecule has 0 aliphatic carbocycles. The largest absolute Gasteiger partial charge is 0.478 e. The minimum Gasteiger partial charge on any atom is -0.478 e. The van der Waals surface area contributed by atoms with Gasteiger partial charge in [-0.15, -0.1) is 0 Å². The zero-order chi connectivity index (χ0) is 11.4. The van der Waals surface area contributed by atoms with Crippen LogP contribution in [-0.4, -0.2) is 35.6 Å². The van der Waals surface area contributed by atoms with Crippen LogP contribution in [0.1, 0.15) is 15.9 Å². The third-order valence-electron chi connectivity index (χ3n) is 2.81. The smallest absolute Gasteiger partial charge is 0.335 e. The van der Waals surface area contributed by atoms with E-state index >= 15 is 0 Å². The quantitative estimate of drug-likeness (QED) is 0.782. The van der Waals surface area contributed by atoms with Gasteiger partial charge in [0.2, 0.25) is 0 Å². The van der Waals surface area contributed by atoms with Crippen molar-refractivity contribution in [3.8, 4) is 0 Å². The Morgan fingerprint density at radius 3 is 2.38 bits per heavy atom. The molecule has 0 unspecified atom stereocenters. The molecule has 0 saturated heterocycles. The minimum atomic E-state index is -0.865. The highest BCUT2D eigenvalue weighted by Gasteiger charge is 2.06. The number of carboxylic acids is 1. The summed E-state index contributed by atoms with van der Waals surface area (Å²) in [6.07, 6.45) is 5.32. The minimum absolute atomic E-state index is 0.353. The molecule has 84 valence electrons. The van der Waals surface area contributed by atoms with E-state index in [1.165, 1.54) is 5.56 Å². The van der Waals surface area contributed by atoms with Crippen LogP contribution in [0.5, 0.6) is 0 Å². The molecule has 3 heteroatoms. The summed E-state index contributed by atoms with van der Waals surface area (Å²) in [5, 5.41) is 8.76. The van der Waals surface area contributed by atoms with E-state index in [0.717, 1.165) is 26.1 Å². The molecule has 0 saturated carbocycles. The summed E-state index contributed by atoms with van der Waals surface area (Å²) in [6, 6.07) is 7.12. The van der Waals surface area contributed by atoms with Crippen molar-refractivity contribution in [1.29, 1.82) is 0 Å². The first-order valence-electron chi connectivity index (χ1n) is 5.45. The van der Waals surface area contributed by atoms with Crippen molar-refractivity contribution in [2.45, 2.75) is 6.42 Å². The van der Waals surface area contributed by atoms with E-state index in [9.17, 15) is 4.79 Å². The molecule has 16 heavy (non-hydrogen) atoms. The van der Waals surface area contributed by atoms with E-state index in [2.05, 4.69) is 17.1 Å².